The maximum atomic E-state index is 11.8. The molecule has 4 aromatic rings. The lowest BCUT2D eigenvalue weighted by Crippen LogP contribution is -2.13. The second-order valence-corrected chi connectivity index (χ2v) is 10.8. The number of azo groups is 1. The summed E-state index contributed by atoms with van der Waals surface area (Å²) in [5.41, 5.74) is 2.89. The molecule has 0 unspecified atom stereocenters. The molecule has 182 valence electrons. The third-order valence-electron chi connectivity index (χ3n) is 5.77. The second kappa shape index (κ2) is 8.47. The Hall–Kier alpha value is -3.76. The van der Waals surface area contributed by atoms with E-state index >= 15 is 0 Å². The Labute approximate surface area is 203 Å². The van der Waals surface area contributed by atoms with E-state index in [0.717, 1.165) is 17.2 Å². The zero-order chi connectivity index (χ0) is 25.7. The average molecular weight is 495 g/mol. The number of rotatable bonds is 4. The molecule has 0 saturated carbocycles. The molecule has 0 fully saturated rings. The molecule has 0 atom stereocenters. The number of benzene rings is 3. The predicted octanol–water partition coefficient (Wildman–Crippen LogP) is 6.01. The van der Waals surface area contributed by atoms with E-state index in [-0.39, 0.29) is 28.0 Å². The van der Waals surface area contributed by atoms with Gasteiger partial charge in [0, 0.05) is 22.3 Å². The number of fused-ring (bicyclic) bond motifs is 1. The molecule has 0 aliphatic carbocycles. The van der Waals surface area contributed by atoms with Crippen LogP contribution in [0.3, 0.4) is 0 Å². The maximum absolute atomic E-state index is 11.8. The summed E-state index contributed by atoms with van der Waals surface area (Å²) < 4.78 is 34.6. The van der Waals surface area contributed by atoms with Gasteiger partial charge < -0.3 is 10.2 Å². The molecule has 9 nitrogen and oxygen atoms in total. The summed E-state index contributed by atoms with van der Waals surface area (Å²) in [6.07, 6.45) is 0. The normalized spacial score (nSPS) is 12.6. The van der Waals surface area contributed by atoms with Crippen molar-refractivity contribution in [3.8, 4) is 17.3 Å². The van der Waals surface area contributed by atoms with Crippen molar-refractivity contribution in [3.63, 3.8) is 0 Å². The highest BCUT2D eigenvalue weighted by Crippen LogP contribution is 2.43. The molecule has 1 aromatic heterocycles. The molecule has 10 heteroatoms. The van der Waals surface area contributed by atoms with Gasteiger partial charge in [0.2, 0.25) is 5.88 Å². The topological polar surface area (TPSA) is 137 Å². The lowest BCUT2D eigenvalue weighted by Gasteiger charge is -2.15. The molecule has 0 spiro atoms. The van der Waals surface area contributed by atoms with Crippen molar-refractivity contribution < 1.29 is 23.2 Å². The Bertz CT molecular complexity index is 1600. The molecule has 0 amide bonds. The van der Waals surface area contributed by atoms with Crippen molar-refractivity contribution in [2.75, 3.05) is 0 Å². The lowest BCUT2D eigenvalue weighted by molar-refractivity contribution is 0.434. The van der Waals surface area contributed by atoms with Crippen LogP contribution < -0.4 is 0 Å². The highest BCUT2D eigenvalue weighted by molar-refractivity contribution is 7.86. The molecule has 0 radical (unpaired) electrons. The molecule has 1 heterocycles. The Morgan fingerprint density at radius 3 is 2.11 bits per heavy atom. The van der Waals surface area contributed by atoms with Crippen molar-refractivity contribution in [1.29, 1.82) is 0 Å². The second-order valence-electron chi connectivity index (χ2n) is 9.41. The van der Waals surface area contributed by atoms with Gasteiger partial charge in [-0.2, -0.15) is 18.2 Å². The monoisotopic (exact) mass is 494 g/mol. The molecule has 0 aliphatic heterocycles. The number of nitrogens with zero attached hydrogens (tertiary/aromatic N) is 4. The minimum atomic E-state index is -4.59. The fraction of sp³-hybridized carbons (Fsp3) is 0.240. The van der Waals surface area contributed by atoms with E-state index in [1.165, 1.54) is 10.7 Å². The van der Waals surface area contributed by atoms with Gasteiger partial charge in [0.05, 0.1) is 11.4 Å². The molecule has 3 aromatic carbocycles. The highest BCUT2D eigenvalue weighted by atomic mass is 32.2. The van der Waals surface area contributed by atoms with E-state index in [1.807, 2.05) is 52.8 Å². The van der Waals surface area contributed by atoms with Crippen LogP contribution in [0.1, 0.15) is 37.6 Å². The predicted molar refractivity (Wildman–Crippen MR) is 133 cm³/mol. The van der Waals surface area contributed by atoms with Gasteiger partial charge in [-0.3, -0.25) is 4.55 Å². The Kier molecular flexibility index (Phi) is 5.90. The molecule has 0 aliphatic rings. The van der Waals surface area contributed by atoms with Gasteiger partial charge in [0.15, 0.2) is 5.69 Å². The van der Waals surface area contributed by atoms with Crippen LogP contribution in [-0.2, 0) is 15.5 Å². The molecule has 3 N–H and O–H groups in total. The smallest absolute Gasteiger partial charge is 0.295 e. The third kappa shape index (κ3) is 4.50. The third-order valence-corrected chi connectivity index (χ3v) is 6.66. The van der Waals surface area contributed by atoms with Crippen LogP contribution in [-0.4, -0.2) is 33.0 Å². The standard InChI is InChI=1S/C25H26N4O5S/c1-14-10-11-16(12-15(14)2)29-24(31)22(23(28-29)25(3,4)5)27-26-21-18-9-7-6-8-17(18)20(13-19(21)30)35(32,33)34/h6-13,30-31H,1-5H3,(H,32,33,34)/b27-26+. The summed E-state index contributed by atoms with van der Waals surface area (Å²) in [5.74, 6) is -0.710. The summed E-state index contributed by atoms with van der Waals surface area (Å²) in [7, 11) is -4.59. The van der Waals surface area contributed by atoms with Crippen LogP contribution in [0, 0.1) is 13.8 Å². The van der Waals surface area contributed by atoms with Gasteiger partial charge in [-0.1, -0.05) is 51.1 Å². The van der Waals surface area contributed by atoms with Gasteiger partial charge in [-0.15, -0.1) is 10.2 Å². The number of hydrogen-bond donors (Lipinski definition) is 3. The van der Waals surface area contributed by atoms with Crippen LogP contribution >= 0.6 is 0 Å². The molecule has 0 bridgehead atoms. The van der Waals surface area contributed by atoms with Crippen LogP contribution in [0.15, 0.2) is 63.7 Å². The fourth-order valence-electron chi connectivity index (χ4n) is 3.77. The number of aryl methyl sites for hydroxylation is 2. The van der Waals surface area contributed by atoms with Crippen molar-refractivity contribution in [2.24, 2.45) is 10.2 Å². The molecule has 35 heavy (non-hydrogen) atoms. The first-order valence-corrected chi connectivity index (χ1v) is 12.3. The molecular weight excluding hydrogens is 468 g/mol. The largest absolute Gasteiger partial charge is 0.506 e. The number of aromatic nitrogens is 2. The Morgan fingerprint density at radius 1 is 0.886 bits per heavy atom. The van der Waals surface area contributed by atoms with Gasteiger partial charge in [0.25, 0.3) is 10.1 Å². The first kappa shape index (κ1) is 24.4. The van der Waals surface area contributed by atoms with E-state index in [1.54, 1.807) is 18.2 Å². The number of phenols is 1. The first-order valence-electron chi connectivity index (χ1n) is 10.8. The quantitative estimate of drug-likeness (QED) is 0.234. The van der Waals surface area contributed by atoms with E-state index in [2.05, 4.69) is 15.3 Å². The SMILES string of the molecule is Cc1ccc(-n2nc(C(C)(C)C)c(/N=N/c3c(O)cc(S(=O)(=O)O)c4ccccc34)c2O)cc1C. The zero-order valence-corrected chi connectivity index (χ0v) is 20.8. The van der Waals surface area contributed by atoms with Crippen molar-refractivity contribution >= 4 is 32.3 Å². The summed E-state index contributed by atoms with van der Waals surface area (Å²) in [6, 6.07) is 12.9. The van der Waals surface area contributed by atoms with E-state index < -0.39 is 26.2 Å². The Balaban J connectivity index is 1.92. The van der Waals surface area contributed by atoms with E-state index in [4.69, 9.17) is 0 Å². The average Bonchev–Trinajstić information content (AvgIpc) is 3.10. The summed E-state index contributed by atoms with van der Waals surface area (Å²) in [6.45, 7) is 9.73. The number of aromatic hydroxyl groups is 2. The fourth-order valence-corrected chi connectivity index (χ4v) is 4.48. The first-order chi connectivity index (χ1) is 16.3. The highest BCUT2D eigenvalue weighted by Gasteiger charge is 2.28. The van der Waals surface area contributed by atoms with Crippen LogP contribution in [0.25, 0.3) is 16.5 Å². The van der Waals surface area contributed by atoms with Gasteiger partial charge in [0.1, 0.15) is 16.3 Å². The Morgan fingerprint density at radius 2 is 1.51 bits per heavy atom. The van der Waals surface area contributed by atoms with Crippen molar-refractivity contribution in [2.45, 2.75) is 44.9 Å². The zero-order valence-electron chi connectivity index (χ0n) is 20.0. The lowest BCUT2D eigenvalue weighted by atomic mass is 9.91. The minimum Gasteiger partial charge on any atom is -0.506 e. The van der Waals surface area contributed by atoms with Gasteiger partial charge in [-0.05, 0) is 37.1 Å². The van der Waals surface area contributed by atoms with Crippen LogP contribution in [0.5, 0.6) is 11.6 Å². The molecule has 0 saturated heterocycles. The number of phenolic OH excluding ortho intramolecular Hbond substituents is 1. The number of hydrogen-bond acceptors (Lipinski definition) is 7. The molecular formula is C25H26N4O5S. The van der Waals surface area contributed by atoms with E-state index in [0.29, 0.717) is 11.4 Å². The van der Waals surface area contributed by atoms with E-state index in [9.17, 15) is 23.2 Å². The minimum absolute atomic E-state index is 0.00816. The summed E-state index contributed by atoms with van der Waals surface area (Å²) in [4.78, 5) is -0.440. The van der Waals surface area contributed by atoms with Gasteiger partial charge >= 0.3 is 0 Å². The summed E-state index contributed by atoms with van der Waals surface area (Å²) >= 11 is 0. The summed E-state index contributed by atoms with van der Waals surface area (Å²) in [5, 5.41) is 35.1. The van der Waals surface area contributed by atoms with Gasteiger partial charge in [-0.25, -0.2) is 0 Å². The van der Waals surface area contributed by atoms with Crippen molar-refractivity contribution in [3.05, 3.63) is 65.4 Å². The van der Waals surface area contributed by atoms with Crippen molar-refractivity contribution in [1.82, 2.24) is 9.78 Å². The van der Waals surface area contributed by atoms with Crippen LogP contribution in [0.4, 0.5) is 11.4 Å². The maximum Gasteiger partial charge on any atom is 0.295 e. The van der Waals surface area contributed by atoms with Crippen LogP contribution in [0.2, 0.25) is 0 Å². The molecule has 4 rings (SSSR count).